The molecule has 1 aromatic carbocycles. The molecule has 118 valence electrons. The Kier molecular flexibility index (Phi) is 5.39. The molecule has 1 heteroatoms. The van der Waals surface area contributed by atoms with Crippen molar-refractivity contribution >= 4 is 11.3 Å². The average molecular weight is 295 g/mol. The predicted molar refractivity (Wildman–Crippen MR) is 98.6 cm³/mol. The van der Waals surface area contributed by atoms with Crippen molar-refractivity contribution in [2.24, 2.45) is 10.9 Å². The predicted octanol–water partition coefficient (Wildman–Crippen LogP) is 6.06. The lowest BCUT2D eigenvalue weighted by Crippen LogP contribution is -2.05. The number of hydrogen-bond acceptors (Lipinski definition) is 1. The molecule has 22 heavy (non-hydrogen) atoms. The molecule has 1 nitrogen and oxygen atoms in total. The highest BCUT2D eigenvalue weighted by atomic mass is 14.7. The Morgan fingerprint density at radius 1 is 1.09 bits per heavy atom. The van der Waals surface area contributed by atoms with Gasteiger partial charge in [-0.1, -0.05) is 50.1 Å². The van der Waals surface area contributed by atoms with Crippen molar-refractivity contribution in [2.75, 3.05) is 6.54 Å². The van der Waals surface area contributed by atoms with Crippen LogP contribution in [0.4, 0.5) is 0 Å². The molecular formula is C21H29N. The van der Waals surface area contributed by atoms with Crippen LogP contribution in [0, 0.1) is 5.92 Å². The van der Waals surface area contributed by atoms with E-state index in [4.69, 9.17) is 4.99 Å². The maximum absolute atomic E-state index is 4.78. The topological polar surface area (TPSA) is 12.4 Å². The third-order valence-electron chi connectivity index (χ3n) is 5.11. The Morgan fingerprint density at radius 2 is 1.77 bits per heavy atom. The second-order valence-electron chi connectivity index (χ2n) is 6.43. The van der Waals surface area contributed by atoms with Gasteiger partial charge in [-0.2, -0.15) is 0 Å². The Hall–Kier alpha value is -1.63. The van der Waals surface area contributed by atoms with Crippen molar-refractivity contribution < 1.29 is 0 Å². The van der Waals surface area contributed by atoms with E-state index in [9.17, 15) is 0 Å². The largest absolute Gasteiger partial charge is 0.289 e. The minimum absolute atomic E-state index is 0.504. The number of benzene rings is 1. The summed E-state index contributed by atoms with van der Waals surface area (Å²) < 4.78 is 0. The van der Waals surface area contributed by atoms with E-state index in [-0.39, 0.29) is 0 Å². The van der Waals surface area contributed by atoms with Gasteiger partial charge >= 0.3 is 0 Å². The molecule has 0 saturated heterocycles. The summed E-state index contributed by atoms with van der Waals surface area (Å²) in [6.07, 6.45) is 2.36. The van der Waals surface area contributed by atoms with Gasteiger partial charge in [0.1, 0.15) is 0 Å². The summed E-state index contributed by atoms with van der Waals surface area (Å²) in [5, 5.41) is 0. The van der Waals surface area contributed by atoms with Crippen LogP contribution in [0.5, 0.6) is 0 Å². The summed E-state index contributed by atoms with van der Waals surface area (Å²) in [5.41, 5.74) is 9.71. The molecule has 0 bridgehead atoms. The number of hydrogen-bond donors (Lipinski definition) is 0. The highest BCUT2D eigenvalue weighted by molar-refractivity contribution is 6.04. The van der Waals surface area contributed by atoms with Crippen LogP contribution < -0.4 is 0 Å². The lowest BCUT2D eigenvalue weighted by molar-refractivity contribution is 0.808. The fourth-order valence-corrected chi connectivity index (χ4v) is 3.32. The van der Waals surface area contributed by atoms with Gasteiger partial charge in [0.15, 0.2) is 0 Å². The summed E-state index contributed by atoms with van der Waals surface area (Å²) in [6.45, 7) is 14.4. The summed E-state index contributed by atoms with van der Waals surface area (Å²) in [4.78, 5) is 4.78. The molecule has 0 amide bonds. The molecule has 0 N–H and O–H groups in total. The van der Waals surface area contributed by atoms with Gasteiger partial charge < -0.3 is 0 Å². The normalized spacial score (nSPS) is 19.4. The van der Waals surface area contributed by atoms with Gasteiger partial charge in [-0.15, -0.1) is 0 Å². The molecular weight excluding hydrogens is 266 g/mol. The summed E-state index contributed by atoms with van der Waals surface area (Å²) in [6, 6.07) is 8.75. The van der Waals surface area contributed by atoms with Gasteiger partial charge in [-0.25, -0.2) is 0 Å². The molecule has 0 spiro atoms. The average Bonchev–Trinajstić information content (AvgIpc) is 2.71. The zero-order valence-corrected chi connectivity index (χ0v) is 15.0. The molecule has 0 saturated carbocycles. The van der Waals surface area contributed by atoms with Crippen LogP contribution in [0.1, 0.15) is 65.5 Å². The monoisotopic (exact) mass is 295 g/mol. The molecule has 2 rings (SSSR count). The first-order chi connectivity index (χ1) is 10.5. The molecule has 0 aliphatic heterocycles. The van der Waals surface area contributed by atoms with E-state index in [1.54, 1.807) is 0 Å². The fourth-order valence-electron chi connectivity index (χ4n) is 3.32. The lowest BCUT2D eigenvalue weighted by Gasteiger charge is -2.17. The van der Waals surface area contributed by atoms with Crippen LogP contribution in [0.15, 0.2) is 46.0 Å². The van der Waals surface area contributed by atoms with Crippen molar-refractivity contribution in [1.82, 2.24) is 0 Å². The first-order valence-corrected chi connectivity index (χ1v) is 8.48. The molecule has 0 fully saturated rings. The Labute approximate surface area is 135 Å². The number of aliphatic imine (C=N–C) groups is 1. The van der Waals surface area contributed by atoms with Gasteiger partial charge in [-0.05, 0) is 56.4 Å². The van der Waals surface area contributed by atoms with Crippen LogP contribution in [0.3, 0.4) is 0 Å². The summed E-state index contributed by atoms with van der Waals surface area (Å²) >= 11 is 0. The van der Waals surface area contributed by atoms with Crippen molar-refractivity contribution in [1.29, 1.82) is 0 Å². The summed E-state index contributed by atoms with van der Waals surface area (Å²) in [5.74, 6) is 0.504. The molecule has 1 unspecified atom stereocenters. The first kappa shape index (κ1) is 16.7. The van der Waals surface area contributed by atoms with E-state index in [1.807, 2.05) is 0 Å². The number of nitrogens with zero attached hydrogens (tertiary/aromatic N) is 1. The van der Waals surface area contributed by atoms with E-state index >= 15 is 0 Å². The minimum atomic E-state index is 0.504. The number of unbranched alkanes of at least 4 members (excludes halogenated alkanes) is 1. The maximum Gasteiger partial charge on any atom is 0.0395 e. The number of allylic oxidation sites excluding steroid dienone is 4. The highest BCUT2D eigenvalue weighted by Crippen LogP contribution is 2.43. The van der Waals surface area contributed by atoms with Crippen molar-refractivity contribution in [2.45, 2.75) is 54.4 Å². The Bertz CT molecular complexity index is 644. The van der Waals surface area contributed by atoms with Crippen LogP contribution in [-0.4, -0.2) is 12.3 Å². The van der Waals surface area contributed by atoms with Crippen LogP contribution in [0.2, 0.25) is 0 Å². The smallest absolute Gasteiger partial charge is 0.0395 e. The quantitative estimate of drug-likeness (QED) is 0.463. The van der Waals surface area contributed by atoms with Crippen molar-refractivity contribution in [3.8, 4) is 0 Å². The van der Waals surface area contributed by atoms with Gasteiger partial charge in [0.25, 0.3) is 0 Å². The van der Waals surface area contributed by atoms with Gasteiger partial charge in [0, 0.05) is 23.7 Å². The van der Waals surface area contributed by atoms with Crippen molar-refractivity contribution in [3.05, 3.63) is 52.1 Å². The van der Waals surface area contributed by atoms with E-state index in [0.717, 1.165) is 13.0 Å². The third kappa shape index (κ3) is 3.09. The molecule has 0 heterocycles. The molecule has 1 aliphatic rings. The van der Waals surface area contributed by atoms with E-state index in [2.05, 4.69) is 65.8 Å². The van der Waals surface area contributed by atoms with Crippen molar-refractivity contribution in [3.63, 3.8) is 0 Å². The highest BCUT2D eigenvalue weighted by Gasteiger charge is 2.26. The zero-order valence-electron chi connectivity index (χ0n) is 15.0. The standard InChI is InChI=1S/C21H29N/c1-7-8-13-22-18(6)19-11-9-10-12-20(19)21-16(4)14(2)15(3)17(21)5/h9-12,16H,7-8,13H2,1-6H3. The van der Waals surface area contributed by atoms with E-state index in [1.165, 1.54) is 45.6 Å². The Morgan fingerprint density at radius 3 is 2.36 bits per heavy atom. The SMILES string of the molecule is CCCCN=C(C)c1ccccc1C1=C(C)C(C)=C(C)C1C. The molecule has 1 aliphatic carbocycles. The summed E-state index contributed by atoms with van der Waals surface area (Å²) in [7, 11) is 0. The lowest BCUT2D eigenvalue weighted by atomic mass is 9.88. The second kappa shape index (κ2) is 7.09. The van der Waals surface area contributed by atoms with E-state index in [0.29, 0.717) is 5.92 Å². The van der Waals surface area contributed by atoms with Crippen LogP contribution in [0.25, 0.3) is 5.57 Å². The van der Waals surface area contributed by atoms with Crippen LogP contribution in [-0.2, 0) is 0 Å². The fraction of sp³-hybridized carbons (Fsp3) is 0.476. The second-order valence-corrected chi connectivity index (χ2v) is 6.43. The maximum atomic E-state index is 4.78. The van der Waals surface area contributed by atoms with Gasteiger partial charge in [0.05, 0.1) is 0 Å². The van der Waals surface area contributed by atoms with E-state index < -0.39 is 0 Å². The molecule has 0 aromatic heterocycles. The molecule has 1 aromatic rings. The molecule has 1 atom stereocenters. The minimum Gasteiger partial charge on any atom is -0.289 e. The first-order valence-electron chi connectivity index (χ1n) is 8.48. The van der Waals surface area contributed by atoms with Crippen LogP contribution >= 0.6 is 0 Å². The third-order valence-corrected chi connectivity index (χ3v) is 5.11. The van der Waals surface area contributed by atoms with Gasteiger partial charge in [-0.3, -0.25) is 4.99 Å². The number of rotatable bonds is 5. The molecule has 0 radical (unpaired) electrons. The zero-order chi connectivity index (χ0) is 16.3. The van der Waals surface area contributed by atoms with Gasteiger partial charge in [0.2, 0.25) is 0 Å². The Balaban J connectivity index is 2.45.